The molecule has 90 valence electrons. The zero-order valence-corrected chi connectivity index (χ0v) is 11.9. The van der Waals surface area contributed by atoms with Crippen LogP contribution in [0.1, 0.15) is 5.56 Å². The van der Waals surface area contributed by atoms with Crippen LogP contribution in [-0.4, -0.2) is 13.3 Å². The van der Waals surface area contributed by atoms with Crippen LogP contribution in [0, 0.1) is 0 Å². The van der Waals surface area contributed by atoms with Gasteiger partial charge in [-0.15, -0.1) is 13.2 Å². The summed E-state index contributed by atoms with van der Waals surface area (Å²) in [6.07, 6.45) is -6.39. The molecule has 0 spiro atoms. The zero-order valence-electron chi connectivity index (χ0n) is 8.77. The predicted molar refractivity (Wildman–Crippen MR) is 45.9 cm³/mol. The maximum Gasteiger partial charge on any atom is 1.00 e. The van der Waals surface area contributed by atoms with Crippen LogP contribution in [-0.2, 0) is 6.32 Å². The van der Waals surface area contributed by atoms with Gasteiger partial charge in [0, 0.05) is 0 Å². The van der Waals surface area contributed by atoms with E-state index in [4.69, 9.17) is 0 Å². The van der Waals surface area contributed by atoms with Crippen LogP contribution >= 0.6 is 0 Å². The monoisotopic (exact) mass is 282 g/mol. The minimum atomic E-state index is -5.20. The molecular weight excluding hydrogens is 276 g/mol. The van der Waals surface area contributed by atoms with Crippen LogP contribution in [0.4, 0.5) is 26.1 Å². The average Bonchev–Trinajstić information content (AvgIpc) is 2.03. The van der Waals surface area contributed by atoms with E-state index in [-0.39, 0.29) is 51.4 Å². The van der Waals surface area contributed by atoms with Gasteiger partial charge in [0.1, 0.15) is 5.75 Å². The summed E-state index contributed by atoms with van der Waals surface area (Å²) < 4.78 is 75.3. The van der Waals surface area contributed by atoms with Gasteiger partial charge in [-0.3, -0.25) is 0 Å². The number of alkyl halides is 3. The van der Waals surface area contributed by atoms with Gasteiger partial charge in [0.05, 0.1) is 0 Å². The van der Waals surface area contributed by atoms with Gasteiger partial charge in [-0.05, 0) is 11.6 Å². The van der Waals surface area contributed by atoms with E-state index in [1.165, 1.54) is 12.1 Å². The fourth-order valence-electron chi connectivity index (χ4n) is 1.15. The Morgan fingerprint density at radius 1 is 1.06 bits per heavy atom. The molecule has 0 heterocycles. The van der Waals surface area contributed by atoms with Crippen molar-refractivity contribution in [3.63, 3.8) is 0 Å². The molecule has 0 aliphatic carbocycles. The molecular formula is C8H6BF6KO. The van der Waals surface area contributed by atoms with Crippen LogP contribution < -0.4 is 56.1 Å². The Bertz CT molecular complexity index is 329. The van der Waals surface area contributed by atoms with E-state index in [1.54, 1.807) is 0 Å². The Labute approximate surface area is 136 Å². The first kappa shape index (κ1) is 17.3. The standard InChI is InChI=1S/C8H6BF6O.K/c10-8(11,12)16-7-4-2-1-3-6(7)5-9(13,14)15;/h1-4H,5H2;/q-1;+1. The Kier molecular flexibility index (Phi) is 6.58. The van der Waals surface area contributed by atoms with Gasteiger partial charge in [-0.1, -0.05) is 24.5 Å². The van der Waals surface area contributed by atoms with Gasteiger partial charge in [0.15, 0.2) is 0 Å². The molecule has 0 aliphatic rings. The van der Waals surface area contributed by atoms with Gasteiger partial charge >= 0.3 is 64.7 Å². The van der Waals surface area contributed by atoms with Crippen LogP contribution in [0.15, 0.2) is 24.3 Å². The van der Waals surface area contributed by atoms with E-state index in [1.807, 2.05) is 0 Å². The summed E-state index contributed by atoms with van der Waals surface area (Å²) in [5, 5.41) is 0. The smallest absolute Gasteiger partial charge is 0.449 e. The largest absolute Gasteiger partial charge is 1.00 e. The van der Waals surface area contributed by atoms with Crippen LogP contribution in [0.25, 0.3) is 0 Å². The molecule has 0 unspecified atom stereocenters. The third kappa shape index (κ3) is 7.35. The van der Waals surface area contributed by atoms with Gasteiger partial charge in [-0.2, -0.15) is 0 Å². The molecule has 0 bridgehead atoms. The van der Waals surface area contributed by atoms with Crippen molar-refractivity contribution in [1.82, 2.24) is 0 Å². The number of hydrogen-bond acceptors (Lipinski definition) is 1. The summed E-state index contributed by atoms with van der Waals surface area (Å²) in [6, 6.07) is 4.20. The van der Waals surface area contributed by atoms with Crippen molar-refractivity contribution in [2.75, 3.05) is 0 Å². The molecule has 0 aromatic heterocycles. The number of para-hydroxylation sites is 1. The van der Waals surface area contributed by atoms with E-state index in [0.717, 1.165) is 12.1 Å². The summed E-state index contributed by atoms with van der Waals surface area (Å²) in [5.41, 5.74) is -0.521. The van der Waals surface area contributed by atoms with Crippen molar-refractivity contribution in [3.8, 4) is 5.75 Å². The van der Waals surface area contributed by atoms with Crippen molar-refractivity contribution in [2.45, 2.75) is 12.7 Å². The number of ether oxygens (including phenoxy) is 1. The molecule has 0 saturated heterocycles. The Morgan fingerprint density at radius 2 is 1.59 bits per heavy atom. The van der Waals surface area contributed by atoms with E-state index in [9.17, 15) is 26.1 Å². The number of halogens is 6. The third-order valence-corrected chi connectivity index (χ3v) is 1.65. The molecule has 9 heteroatoms. The molecule has 0 amide bonds. The van der Waals surface area contributed by atoms with Gasteiger partial charge in [0.25, 0.3) is 0 Å². The average molecular weight is 282 g/mol. The minimum Gasteiger partial charge on any atom is -0.449 e. The van der Waals surface area contributed by atoms with Crippen molar-refractivity contribution in [1.29, 1.82) is 0 Å². The van der Waals surface area contributed by atoms with Crippen molar-refractivity contribution in [3.05, 3.63) is 29.8 Å². The molecule has 1 rings (SSSR count). The van der Waals surface area contributed by atoms with Crippen LogP contribution in [0.3, 0.4) is 0 Å². The van der Waals surface area contributed by atoms with E-state index in [2.05, 4.69) is 4.74 Å². The van der Waals surface area contributed by atoms with Gasteiger partial charge in [0.2, 0.25) is 0 Å². The molecule has 0 aliphatic heterocycles. The molecule has 17 heavy (non-hydrogen) atoms. The SMILES string of the molecule is F[B-](F)(F)Cc1ccccc1OC(F)(F)F.[K+]. The zero-order chi connectivity index (χ0) is 12.4. The van der Waals surface area contributed by atoms with Gasteiger partial charge in [-0.25, -0.2) is 0 Å². The number of hydrogen-bond donors (Lipinski definition) is 0. The van der Waals surface area contributed by atoms with E-state index >= 15 is 0 Å². The third-order valence-electron chi connectivity index (χ3n) is 1.65. The molecule has 0 atom stereocenters. The molecule has 0 saturated carbocycles. The maximum absolute atomic E-state index is 12.1. The molecule has 1 aromatic rings. The summed E-state index contributed by atoms with van der Waals surface area (Å²) in [7, 11) is 0. The molecule has 0 N–H and O–H groups in total. The summed E-state index contributed by atoms with van der Waals surface area (Å²) >= 11 is 0. The fraction of sp³-hybridized carbons (Fsp3) is 0.250. The van der Waals surface area contributed by atoms with Crippen molar-refractivity contribution in [2.24, 2.45) is 0 Å². The van der Waals surface area contributed by atoms with Gasteiger partial charge < -0.3 is 17.7 Å². The molecule has 1 nitrogen and oxygen atoms in total. The number of rotatable bonds is 3. The van der Waals surface area contributed by atoms with E-state index < -0.39 is 31.0 Å². The Morgan fingerprint density at radius 3 is 2.06 bits per heavy atom. The molecule has 1 aromatic carbocycles. The Hall–Kier alpha value is 0.301. The first-order valence-corrected chi connectivity index (χ1v) is 4.22. The fourth-order valence-corrected chi connectivity index (χ4v) is 1.15. The molecule has 0 radical (unpaired) electrons. The van der Waals surface area contributed by atoms with Crippen LogP contribution in [0.5, 0.6) is 5.75 Å². The second-order valence-corrected chi connectivity index (χ2v) is 3.07. The second-order valence-electron chi connectivity index (χ2n) is 3.07. The van der Waals surface area contributed by atoms with E-state index in [0.29, 0.717) is 0 Å². The second kappa shape index (κ2) is 6.46. The predicted octanol–water partition coefficient (Wildman–Crippen LogP) is 0.518. The number of benzene rings is 1. The van der Waals surface area contributed by atoms with Crippen LogP contribution in [0.2, 0.25) is 0 Å². The summed E-state index contributed by atoms with van der Waals surface area (Å²) in [6.45, 7) is -5.20. The first-order chi connectivity index (χ1) is 7.17. The van der Waals surface area contributed by atoms with Crippen molar-refractivity contribution >= 4 is 6.98 Å². The topological polar surface area (TPSA) is 9.23 Å². The van der Waals surface area contributed by atoms with Crippen molar-refractivity contribution < 1.29 is 82.2 Å². The minimum absolute atomic E-state index is 0. The summed E-state index contributed by atoms with van der Waals surface area (Å²) in [4.78, 5) is 0. The maximum atomic E-state index is 12.1. The Balaban J connectivity index is 0.00000256. The molecule has 0 fully saturated rings. The summed E-state index contributed by atoms with van der Waals surface area (Å²) in [5.74, 6) is -0.811. The first-order valence-electron chi connectivity index (χ1n) is 4.22. The quantitative estimate of drug-likeness (QED) is 0.580. The normalized spacial score (nSPS) is 11.9.